The normalized spacial score (nSPS) is 11.2. The summed E-state index contributed by atoms with van der Waals surface area (Å²) in [4.78, 5) is 22.9. The van der Waals surface area contributed by atoms with Gasteiger partial charge in [-0.3, -0.25) is 9.59 Å². The van der Waals surface area contributed by atoms with Crippen molar-refractivity contribution in [3.8, 4) is 0 Å². The molecule has 2 amide bonds. The molecular weight excluding hydrogens is 346 g/mol. The fourth-order valence-electron chi connectivity index (χ4n) is 1.66. The number of carbonyl (C=O) groups excluding carboxylic acids is 2. The topological polar surface area (TPSA) is 84.2 Å². The minimum Gasteiger partial charge on any atom is -0.355 e. The summed E-state index contributed by atoms with van der Waals surface area (Å²) >= 11 is 3.35. The molecule has 0 bridgehead atoms. The van der Waals surface area contributed by atoms with E-state index in [0.29, 0.717) is 13.1 Å². The molecule has 0 heterocycles. The summed E-state index contributed by atoms with van der Waals surface area (Å²) in [5, 5.41) is 5.47. The number of benzene rings is 1. The number of carbonyl (C=O) groups is 2. The number of halogens is 2. The van der Waals surface area contributed by atoms with E-state index in [4.69, 9.17) is 5.73 Å². The average Bonchev–Trinajstić information content (AvgIpc) is 2.36. The van der Waals surface area contributed by atoms with Crippen LogP contribution in [0.1, 0.15) is 24.9 Å². The van der Waals surface area contributed by atoms with E-state index in [1.807, 2.05) is 24.3 Å². The Kier molecular flexibility index (Phi) is 9.20. The molecule has 0 aliphatic carbocycles. The molecule has 0 radical (unpaired) electrons. The van der Waals surface area contributed by atoms with Crippen LogP contribution in [0, 0.1) is 0 Å². The molecule has 1 aromatic carbocycles. The van der Waals surface area contributed by atoms with Gasteiger partial charge in [0.1, 0.15) is 0 Å². The first-order chi connectivity index (χ1) is 9.02. The molecule has 4 N–H and O–H groups in total. The highest BCUT2D eigenvalue weighted by Crippen LogP contribution is 2.19. The second kappa shape index (κ2) is 9.74. The lowest BCUT2D eigenvalue weighted by Gasteiger charge is -2.18. The summed E-state index contributed by atoms with van der Waals surface area (Å²) in [5.74, 6) is -0.299. The van der Waals surface area contributed by atoms with Crippen LogP contribution in [0.15, 0.2) is 28.7 Å². The van der Waals surface area contributed by atoms with E-state index < -0.39 is 0 Å². The van der Waals surface area contributed by atoms with Crippen molar-refractivity contribution < 1.29 is 9.59 Å². The number of nitrogens with two attached hydrogens (primary N) is 1. The Bertz CT molecular complexity index is 440. The van der Waals surface area contributed by atoms with Crippen molar-refractivity contribution in [3.05, 3.63) is 34.3 Å². The lowest BCUT2D eigenvalue weighted by Crippen LogP contribution is -2.34. The molecule has 0 aromatic heterocycles. The second-order valence-corrected chi connectivity index (χ2v) is 5.06. The third-order valence-corrected chi connectivity index (χ3v) is 3.03. The Labute approximate surface area is 133 Å². The third kappa shape index (κ3) is 6.88. The zero-order valence-corrected chi connectivity index (χ0v) is 13.6. The van der Waals surface area contributed by atoms with Crippen LogP contribution in [-0.4, -0.2) is 24.9 Å². The van der Waals surface area contributed by atoms with Crippen LogP contribution in [0.25, 0.3) is 0 Å². The van der Waals surface area contributed by atoms with Crippen LogP contribution < -0.4 is 16.4 Å². The fraction of sp³-hybridized carbons (Fsp3) is 0.385. The van der Waals surface area contributed by atoms with Gasteiger partial charge in [-0.15, -0.1) is 12.4 Å². The molecule has 0 spiro atoms. The van der Waals surface area contributed by atoms with Crippen LogP contribution in [0.4, 0.5) is 0 Å². The molecule has 0 fully saturated rings. The summed E-state index contributed by atoms with van der Waals surface area (Å²) in [5.41, 5.74) is 6.22. The van der Waals surface area contributed by atoms with E-state index in [2.05, 4.69) is 26.6 Å². The lowest BCUT2D eigenvalue weighted by molar-refractivity contribution is -0.122. The predicted octanol–water partition coefficient (Wildman–Crippen LogP) is 1.51. The molecule has 20 heavy (non-hydrogen) atoms. The minimum absolute atomic E-state index is 0. The van der Waals surface area contributed by atoms with Crippen LogP contribution in [0.3, 0.4) is 0 Å². The highest BCUT2D eigenvalue weighted by Gasteiger charge is 2.16. The standard InChI is InChI=1S/C13H18BrN3O2.ClH/c1-9(18)17-12(8-13(19)16-7-6-15)10-2-4-11(14)5-3-10;/h2-5,12H,6-8,15H2,1H3,(H,16,19)(H,17,18);1H. The molecule has 1 aromatic rings. The van der Waals surface area contributed by atoms with Gasteiger partial charge in [0, 0.05) is 24.5 Å². The van der Waals surface area contributed by atoms with Crippen LogP contribution in [-0.2, 0) is 9.59 Å². The van der Waals surface area contributed by atoms with Gasteiger partial charge in [-0.1, -0.05) is 28.1 Å². The van der Waals surface area contributed by atoms with E-state index in [9.17, 15) is 9.59 Å². The van der Waals surface area contributed by atoms with E-state index in [1.54, 1.807) is 0 Å². The first kappa shape index (κ1) is 18.9. The zero-order valence-electron chi connectivity index (χ0n) is 11.2. The van der Waals surface area contributed by atoms with Gasteiger partial charge in [-0.25, -0.2) is 0 Å². The number of nitrogens with one attached hydrogen (secondary N) is 2. The Hall–Kier alpha value is -1.11. The monoisotopic (exact) mass is 363 g/mol. The molecule has 1 rings (SSSR count). The predicted molar refractivity (Wildman–Crippen MR) is 84.6 cm³/mol. The summed E-state index contributed by atoms with van der Waals surface area (Å²) in [6, 6.07) is 7.18. The second-order valence-electron chi connectivity index (χ2n) is 4.15. The van der Waals surface area contributed by atoms with Gasteiger partial charge in [-0.05, 0) is 17.7 Å². The Morgan fingerprint density at radius 3 is 2.40 bits per heavy atom. The molecule has 7 heteroatoms. The highest BCUT2D eigenvalue weighted by atomic mass is 79.9. The van der Waals surface area contributed by atoms with Gasteiger partial charge in [0.25, 0.3) is 0 Å². The highest BCUT2D eigenvalue weighted by molar-refractivity contribution is 9.10. The van der Waals surface area contributed by atoms with Crippen LogP contribution in [0.5, 0.6) is 0 Å². The van der Waals surface area contributed by atoms with E-state index in [0.717, 1.165) is 10.0 Å². The van der Waals surface area contributed by atoms with Crippen molar-refractivity contribution in [1.82, 2.24) is 10.6 Å². The van der Waals surface area contributed by atoms with Gasteiger partial charge in [0.05, 0.1) is 12.5 Å². The minimum atomic E-state index is -0.330. The third-order valence-electron chi connectivity index (χ3n) is 2.51. The summed E-state index contributed by atoms with van der Waals surface area (Å²) in [6.45, 7) is 2.27. The lowest BCUT2D eigenvalue weighted by atomic mass is 10.0. The van der Waals surface area contributed by atoms with Crippen molar-refractivity contribution in [2.75, 3.05) is 13.1 Å². The van der Waals surface area contributed by atoms with Crippen LogP contribution in [0.2, 0.25) is 0 Å². The van der Waals surface area contributed by atoms with Crippen molar-refractivity contribution >= 4 is 40.2 Å². The fourth-order valence-corrected chi connectivity index (χ4v) is 1.93. The maximum absolute atomic E-state index is 11.7. The van der Waals surface area contributed by atoms with E-state index in [-0.39, 0.29) is 36.7 Å². The molecule has 0 saturated carbocycles. The Balaban J connectivity index is 0.00000361. The number of amides is 2. The van der Waals surface area contributed by atoms with E-state index in [1.165, 1.54) is 6.92 Å². The largest absolute Gasteiger partial charge is 0.355 e. The summed E-state index contributed by atoms with van der Waals surface area (Å²) < 4.78 is 0.949. The number of hydrogen-bond donors (Lipinski definition) is 3. The maximum Gasteiger partial charge on any atom is 0.222 e. The van der Waals surface area contributed by atoms with Gasteiger partial charge in [0.2, 0.25) is 11.8 Å². The molecule has 0 aliphatic rings. The molecule has 112 valence electrons. The van der Waals surface area contributed by atoms with Gasteiger partial charge in [0.15, 0.2) is 0 Å². The molecule has 1 unspecified atom stereocenters. The zero-order chi connectivity index (χ0) is 14.3. The molecule has 0 saturated heterocycles. The number of rotatable bonds is 6. The number of hydrogen-bond acceptors (Lipinski definition) is 3. The summed E-state index contributed by atoms with van der Waals surface area (Å²) in [7, 11) is 0. The van der Waals surface area contributed by atoms with E-state index >= 15 is 0 Å². The Morgan fingerprint density at radius 1 is 1.30 bits per heavy atom. The maximum atomic E-state index is 11.7. The Morgan fingerprint density at radius 2 is 1.90 bits per heavy atom. The van der Waals surface area contributed by atoms with Crippen molar-refractivity contribution in [3.63, 3.8) is 0 Å². The van der Waals surface area contributed by atoms with Gasteiger partial charge < -0.3 is 16.4 Å². The average molecular weight is 365 g/mol. The van der Waals surface area contributed by atoms with Crippen molar-refractivity contribution in [1.29, 1.82) is 0 Å². The smallest absolute Gasteiger partial charge is 0.222 e. The quantitative estimate of drug-likeness (QED) is 0.715. The molecular formula is C13H19BrClN3O2. The molecule has 1 atom stereocenters. The first-order valence-corrected chi connectivity index (χ1v) is 6.81. The van der Waals surface area contributed by atoms with Gasteiger partial charge >= 0.3 is 0 Å². The SMILES string of the molecule is CC(=O)NC(CC(=O)NCCN)c1ccc(Br)cc1.Cl. The van der Waals surface area contributed by atoms with Crippen molar-refractivity contribution in [2.45, 2.75) is 19.4 Å². The van der Waals surface area contributed by atoms with Crippen LogP contribution >= 0.6 is 28.3 Å². The molecule has 5 nitrogen and oxygen atoms in total. The van der Waals surface area contributed by atoms with Crippen molar-refractivity contribution in [2.24, 2.45) is 5.73 Å². The summed E-state index contributed by atoms with van der Waals surface area (Å²) in [6.07, 6.45) is 0.196. The first-order valence-electron chi connectivity index (χ1n) is 6.02. The van der Waals surface area contributed by atoms with Gasteiger partial charge in [-0.2, -0.15) is 0 Å². The molecule has 0 aliphatic heterocycles.